The van der Waals surface area contributed by atoms with Crippen molar-refractivity contribution in [3.8, 4) is 17.6 Å². The van der Waals surface area contributed by atoms with E-state index in [2.05, 4.69) is 16.6 Å². The highest BCUT2D eigenvalue weighted by Gasteiger charge is 2.27. The van der Waals surface area contributed by atoms with Gasteiger partial charge < -0.3 is 9.47 Å². The lowest BCUT2D eigenvalue weighted by molar-refractivity contribution is -0.174. The number of rotatable bonds is 6. The molecule has 1 rings (SSSR count). The standard InChI is InChI=1S/C14H14ClF3O2/c15-8-1-3-12-4-6-13(7-5-12)20-10-2-9-19-11-14(16,17)18/h4-7H,2,8-11H2. The van der Waals surface area contributed by atoms with Gasteiger partial charge in [-0.2, -0.15) is 13.2 Å². The first-order valence-corrected chi connectivity index (χ1v) is 6.47. The van der Waals surface area contributed by atoms with E-state index in [0.717, 1.165) is 5.56 Å². The predicted octanol–water partition coefficient (Wildman–Crippen LogP) is 3.62. The van der Waals surface area contributed by atoms with Crippen molar-refractivity contribution in [3.63, 3.8) is 0 Å². The van der Waals surface area contributed by atoms with Gasteiger partial charge in [-0.15, -0.1) is 11.6 Å². The van der Waals surface area contributed by atoms with Crippen LogP contribution in [0.2, 0.25) is 0 Å². The molecule has 0 fully saturated rings. The van der Waals surface area contributed by atoms with Crippen LogP contribution in [-0.4, -0.2) is 31.9 Å². The Morgan fingerprint density at radius 2 is 1.80 bits per heavy atom. The lowest BCUT2D eigenvalue weighted by Crippen LogP contribution is -2.18. The molecule has 0 amide bonds. The van der Waals surface area contributed by atoms with Crippen LogP contribution < -0.4 is 4.74 Å². The molecule has 0 N–H and O–H groups in total. The van der Waals surface area contributed by atoms with Gasteiger partial charge in [0.1, 0.15) is 12.4 Å². The normalized spacial score (nSPS) is 10.8. The maximum Gasteiger partial charge on any atom is 0.411 e. The van der Waals surface area contributed by atoms with E-state index in [-0.39, 0.29) is 12.5 Å². The molecule has 0 unspecified atom stereocenters. The molecule has 0 aliphatic carbocycles. The van der Waals surface area contributed by atoms with Gasteiger partial charge in [0.25, 0.3) is 0 Å². The molecule has 0 bridgehead atoms. The van der Waals surface area contributed by atoms with Crippen molar-refractivity contribution in [2.45, 2.75) is 12.6 Å². The van der Waals surface area contributed by atoms with Gasteiger partial charge in [0.05, 0.1) is 19.1 Å². The van der Waals surface area contributed by atoms with Crippen molar-refractivity contribution in [2.24, 2.45) is 0 Å². The third-order valence-electron chi connectivity index (χ3n) is 2.12. The zero-order chi connectivity index (χ0) is 14.8. The number of halogens is 4. The van der Waals surface area contributed by atoms with E-state index in [1.807, 2.05) is 0 Å². The Labute approximate surface area is 120 Å². The molecule has 1 aromatic carbocycles. The Morgan fingerprint density at radius 3 is 2.40 bits per heavy atom. The number of hydrogen-bond acceptors (Lipinski definition) is 2. The van der Waals surface area contributed by atoms with Crippen LogP contribution in [0.5, 0.6) is 5.75 Å². The van der Waals surface area contributed by atoms with Gasteiger partial charge in [-0.05, 0) is 24.3 Å². The third-order valence-corrected chi connectivity index (χ3v) is 2.25. The molecule has 0 heterocycles. The van der Waals surface area contributed by atoms with E-state index in [1.54, 1.807) is 24.3 Å². The van der Waals surface area contributed by atoms with Crippen LogP contribution in [0.15, 0.2) is 24.3 Å². The first-order chi connectivity index (χ1) is 9.51. The summed E-state index contributed by atoms with van der Waals surface area (Å²) < 4.78 is 45.2. The number of ether oxygens (including phenoxy) is 2. The summed E-state index contributed by atoms with van der Waals surface area (Å²) in [5, 5.41) is 0. The Bertz CT molecular complexity index is 446. The van der Waals surface area contributed by atoms with E-state index in [1.165, 1.54) is 0 Å². The van der Waals surface area contributed by atoms with Crippen LogP contribution in [0.3, 0.4) is 0 Å². The maximum absolute atomic E-state index is 11.8. The highest BCUT2D eigenvalue weighted by Crippen LogP contribution is 2.15. The van der Waals surface area contributed by atoms with Crippen LogP contribution in [-0.2, 0) is 4.74 Å². The molecular formula is C14H14ClF3O2. The molecule has 0 atom stereocenters. The van der Waals surface area contributed by atoms with Crippen LogP contribution in [0.25, 0.3) is 0 Å². The van der Waals surface area contributed by atoms with Crippen LogP contribution in [0, 0.1) is 11.8 Å². The molecular weight excluding hydrogens is 293 g/mol. The topological polar surface area (TPSA) is 18.5 Å². The van der Waals surface area contributed by atoms with E-state index in [0.29, 0.717) is 18.8 Å². The van der Waals surface area contributed by atoms with Crippen molar-refractivity contribution in [1.29, 1.82) is 0 Å². The Kier molecular flexibility index (Phi) is 7.27. The average Bonchev–Trinajstić information content (AvgIpc) is 2.40. The zero-order valence-electron chi connectivity index (χ0n) is 10.7. The Balaban J connectivity index is 2.19. The molecule has 0 aliphatic rings. The molecule has 6 heteroatoms. The van der Waals surface area contributed by atoms with E-state index < -0.39 is 12.8 Å². The molecule has 20 heavy (non-hydrogen) atoms. The highest BCUT2D eigenvalue weighted by molar-refractivity contribution is 6.19. The number of alkyl halides is 4. The van der Waals surface area contributed by atoms with Crippen molar-refractivity contribution in [1.82, 2.24) is 0 Å². The minimum Gasteiger partial charge on any atom is -0.494 e. The second kappa shape index (κ2) is 8.72. The van der Waals surface area contributed by atoms with Crippen molar-refractivity contribution < 1.29 is 22.6 Å². The second-order valence-electron chi connectivity index (χ2n) is 3.83. The van der Waals surface area contributed by atoms with Crippen molar-refractivity contribution in [2.75, 3.05) is 25.7 Å². The summed E-state index contributed by atoms with van der Waals surface area (Å²) in [6, 6.07) is 7.06. The van der Waals surface area contributed by atoms with Gasteiger partial charge in [0.2, 0.25) is 0 Å². The van der Waals surface area contributed by atoms with Crippen molar-refractivity contribution in [3.05, 3.63) is 29.8 Å². The van der Waals surface area contributed by atoms with E-state index in [4.69, 9.17) is 16.3 Å². The summed E-state index contributed by atoms with van der Waals surface area (Å²) in [7, 11) is 0. The third kappa shape index (κ3) is 7.93. The zero-order valence-corrected chi connectivity index (χ0v) is 11.4. The number of benzene rings is 1. The summed E-state index contributed by atoms with van der Waals surface area (Å²) in [6.07, 6.45) is -3.88. The lowest BCUT2D eigenvalue weighted by Gasteiger charge is -2.08. The number of hydrogen-bond donors (Lipinski definition) is 0. The smallest absolute Gasteiger partial charge is 0.411 e. The van der Waals surface area contributed by atoms with Gasteiger partial charge in [0, 0.05) is 12.0 Å². The Morgan fingerprint density at radius 1 is 1.10 bits per heavy atom. The summed E-state index contributed by atoms with van der Waals surface area (Å²) in [6.45, 7) is -0.912. The quantitative estimate of drug-likeness (QED) is 0.454. The van der Waals surface area contributed by atoms with Gasteiger partial charge in [-0.25, -0.2) is 0 Å². The minimum atomic E-state index is -4.28. The summed E-state index contributed by atoms with van der Waals surface area (Å²) in [5.41, 5.74) is 0.825. The summed E-state index contributed by atoms with van der Waals surface area (Å²) in [4.78, 5) is 0. The molecule has 0 spiro atoms. The fourth-order valence-electron chi connectivity index (χ4n) is 1.31. The minimum absolute atomic E-state index is 0.0127. The van der Waals surface area contributed by atoms with Gasteiger partial charge in [-0.3, -0.25) is 0 Å². The first-order valence-electron chi connectivity index (χ1n) is 5.93. The molecule has 110 valence electrons. The SMILES string of the molecule is FC(F)(F)COCCCOc1ccc(C#CCCl)cc1. The fraction of sp³-hybridized carbons (Fsp3) is 0.429. The monoisotopic (exact) mass is 306 g/mol. The fourth-order valence-corrected chi connectivity index (χ4v) is 1.38. The van der Waals surface area contributed by atoms with E-state index in [9.17, 15) is 13.2 Å². The molecule has 0 saturated carbocycles. The van der Waals surface area contributed by atoms with Crippen LogP contribution >= 0.6 is 11.6 Å². The molecule has 0 saturated heterocycles. The first kappa shape index (κ1) is 16.7. The van der Waals surface area contributed by atoms with Gasteiger partial charge in [-0.1, -0.05) is 11.8 Å². The summed E-state index contributed by atoms with van der Waals surface area (Å²) in [5.74, 6) is 6.49. The van der Waals surface area contributed by atoms with E-state index >= 15 is 0 Å². The molecule has 0 aliphatic heterocycles. The molecule has 1 aromatic rings. The lowest BCUT2D eigenvalue weighted by atomic mass is 10.2. The van der Waals surface area contributed by atoms with Gasteiger partial charge >= 0.3 is 6.18 Å². The molecule has 0 aromatic heterocycles. The predicted molar refractivity (Wildman–Crippen MR) is 71.0 cm³/mol. The van der Waals surface area contributed by atoms with Crippen LogP contribution in [0.1, 0.15) is 12.0 Å². The highest BCUT2D eigenvalue weighted by atomic mass is 35.5. The van der Waals surface area contributed by atoms with Crippen LogP contribution in [0.4, 0.5) is 13.2 Å². The second-order valence-corrected chi connectivity index (χ2v) is 4.10. The molecule has 0 radical (unpaired) electrons. The Hall–Kier alpha value is -1.38. The maximum atomic E-state index is 11.8. The van der Waals surface area contributed by atoms with Gasteiger partial charge in [0.15, 0.2) is 0 Å². The molecule has 2 nitrogen and oxygen atoms in total. The largest absolute Gasteiger partial charge is 0.494 e. The average molecular weight is 307 g/mol. The van der Waals surface area contributed by atoms with Crippen molar-refractivity contribution >= 4 is 11.6 Å². The summed E-state index contributed by atoms with van der Waals surface area (Å²) >= 11 is 5.44.